The van der Waals surface area contributed by atoms with Crippen molar-refractivity contribution in [3.8, 4) is 0 Å². The van der Waals surface area contributed by atoms with E-state index in [9.17, 15) is 4.79 Å². The van der Waals surface area contributed by atoms with E-state index in [0.717, 1.165) is 32.1 Å². The Kier molecular flexibility index (Phi) is 8.91. The van der Waals surface area contributed by atoms with Crippen LogP contribution in [0, 0.1) is 0 Å². The summed E-state index contributed by atoms with van der Waals surface area (Å²) in [6.07, 6.45) is 5.65. The Labute approximate surface area is 109 Å². The smallest absolute Gasteiger partial charge is 0.320 e. The zero-order chi connectivity index (χ0) is 14.0. The number of rotatable bonds is 11. The second-order valence-corrected chi connectivity index (χ2v) is 4.82. The zero-order valence-electron chi connectivity index (χ0n) is 11.3. The fourth-order valence-electron chi connectivity index (χ4n) is 1.81. The molecule has 0 aromatic rings. The summed E-state index contributed by atoms with van der Waals surface area (Å²) in [7, 11) is 0. The molecule has 0 aromatic heterocycles. The molecule has 1 atom stereocenters. The van der Waals surface area contributed by atoms with Crippen LogP contribution >= 0.6 is 0 Å². The SMILES string of the molecule is CCCCCC(N)(N)N[C@@H](CCCCN)C(=O)O. The van der Waals surface area contributed by atoms with Crippen molar-refractivity contribution in [1.82, 2.24) is 5.32 Å². The first-order chi connectivity index (χ1) is 8.43. The summed E-state index contributed by atoms with van der Waals surface area (Å²) in [5.74, 6) is -2.02. The predicted octanol–water partition coefficient (Wildman–Crippen LogP) is 0.310. The van der Waals surface area contributed by atoms with E-state index in [4.69, 9.17) is 22.3 Å². The van der Waals surface area contributed by atoms with E-state index in [1.807, 2.05) is 0 Å². The van der Waals surface area contributed by atoms with Gasteiger partial charge >= 0.3 is 5.97 Å². The van der Waals surface area contributed by atoms with Crippen LogP contribution in [-0.4, -0.2) is 29.4 Å². The van der Waals surface area contributed by atoms with Gasteiger partial charge in [0.05, 0.1) is 0 Å². The van der Waals surface area contributed by atoms with Crippen LogP contribution in [-0.2, 0) is 4.79 Å². The maximum Gasteiger partial charge on any atom is 0.320 e. The molecule has 0 heterocycles. The molecule has 0 aromatic carbocycles. The second-order valence-electron chi connectivity index (χ2n) is 4.82. The molecule has 108 valence electrons. The van der Waals surface area contributed by atoms with Crippen LogP contribution in [0.4, 0.5) is 0 Å². The molecule has 0 amide bonds. The highest BCUT2D eigenvalue weighted by molar-refractivity contribution is 5.73. The summed E-state index contributed by atoms with van der Waals surface area (Å²) in [5, 5.41) is 11.9. The van der Waals surface area contributed by atoms with Gasteiger partial charge in [-0.15, -0.1) is 0 Å². The summed E-state index contributed by atoms with van der Waals surface area (Å²) in [6, 6.07) is -0.701. The van der Waals surface area contributed by atoms with E-state index >= 15 is 0 Å². The van der Waals surface area contributed by atoms with E-state index in [1.165, 1.54) is 0 Å². The molecule has 0 aliphatic rings. The van der Waals surface area contributed by atoms with Crippen molar-refractivity contribution in [2.24, 2.45) is 17.2 Å². The zero-order valence-corrected chi connectivity index (χ0v) is 11.3. The Bertz CT molecular complexity index is 234. The molecule has 0 aliphatic carbocycles. The third kappa shape index (κ3) is 8.41. The molecule has 6 heteroatoms. The van der Waals surface area contributed by atoms with Gasteiger partial charge in [-0.1, -0.05) is 26.2 Å². The maximum atomic E-state index is 11.1. The molecule has 8 N–H and O–H groups in total. The van der Waals surface area contributed by atoms with Crippen LogP contribution in [0.1, 0.15) is 51.9 Å². The van der Waals surface area contributed by atoms with E-state index in [0.29, 0.717) is 19.4 Å². The first-order valence-electron chi connectivity index (χ1n) is 6.71. The number of aliphatic carboxylic acids is 1. The summed E-state index contributed by atoms with van der Waals surface area (Å²) in [5.41, 5.74) is 17.1. The second kappa shape index (κ2) is 9.27. The van der Waals surface area contributed by atoms with Crippen LogP contribution in [0.3, 0.4) is 0 Å². The minimum atomic E-state index is -1.11. The lowest BCUT2D eigenvalue weighted by atomic mass is 10.1. The van der Waals surface area contributed by atoms with Crippen molar-refractivity contribution >= 4 is 5.97 Å². The third-order valence-corrected chi connectivity index (χ3v) is 2.88. The fraction of sp³-hybridized carbons (Fsp3) is 0.917. The largest absolute Gasteiger partial charge is 0.480 e. The molecule has 0 aliphatic heterocycles. The van der Waals surface area contributed by atoms with E-state index in [1.54, 1.807) is 0 Å². The number of carboxylic acid groups (broad SMARTS) is 1. The quantitative estimate of drug-likeness (QED) is 0.269. The maximum absolute atomic E-state index is 11.1. The lowest BCUT2D eigenvalue weighted by Crippen LogP contribution is -2.65. The molecule has 0 radical (unpaired) electrons. The molecule has 0 saturated heterocycles. The number of unbranched alkanes of at least 4 members (excludes halogenated alkanes) is 3. The summed E-state index contributed by atoms with van der Waals surface area (Å²) >= 11 is 0. The normalized spacial score (nSPS) is 13.6. The monoisotopic (exact) mass is 260 g/mol. The van der Waals surface area contributed by atoms with Gasteiger partial charge in [-0.3, -0.25) is 10.1 Å². The molecule has 6 nitrogen and oxygen atoms in total. The van der Waals surface area contributed by atoms with Crippen LogP contribution in [0.5, 0.6) is 0 Å². The first kappa shape index (κ1) is 17.3. The van der Waals surface area contributed by atoms with Crippen molar-refractivity contribution in [3.63, 3.8) is 0 Å². The van der Waals surface area contributed by atoms with Gasteiger partial charge in [0.25, 0.3) is 0 Å². The molecule has 0 bridgehead atoms. The molecule has 0 saturated carbocycles. The highest BCUT2D eigenvalue weighted by Gasteiger charge is 2.26. The van der Waals surface area contributed by atoms with Crippen LogP contribution in [0.15, 0.2) is 0 Å². The Morgan fingerprint density at radius 3 is 2.44 bits per heavy atom. The first-order valence-corrected chi connectivity index (χ1v) is 6.71. The molecular weight excluding hydrogens is 232 g/mol. The molecule has 0 fully saturated rings. The van der Waals surface area contributed by atoms with Crippen molar-refractivity contribution in [1.29, 1.82) is 0 Å². The van der Waals surface area contributed by atoms with Gasteiger partial charge in [0.15, 0.2) is 0 Å². The van der Waals surface area contributed by atoms with Gasteiger partial charge < -0.3 is 22.3 Å². The highest BCUT2D eigenvalue weighted by Crippen LogP contribution is 2.08. The van der Waals surface area contributed by atoms with Crippen LogP contribution < -0.4 is 22.5 Å². The lowest BCUT2D eigenvalue weighted by molar-refractivity contribution is -0.140. The molecule has 0 spiro atoms. The number of nitrogens with one attached hydrogen (secondary N) is 1. The van der Waals surface area contributed by atoms with Gasteiger partial charge in [0.1, 0.15) is 11.8 Å². The van der Waals surface area contributed by atoms with Crippen molar-refractivity contribution < 1.29 is 9.90 Å². The standard InChI is InChI=1S/C12H28N4O2/c1-2-3-5-8-12(14,15)16-10(11(17)18)7-4-6-9-13/h10,16H,2-9,13-15H2,1H3,(H,17,18)/t10-/m0/s1. The average molecular weight is 260 g/mol. The van der Waals surface area contributed by atoms with Gasteiger partial charge in [0, 0.05) is 0 Å². The Balaban J connectivity index is 4.15. The van der Waals surface area contributed by atoms with Crippen LogP contribution in [0.2, 0.25) is 0 Å². The summed E-state index contributed by atoms with van der Waals surface area (Å²) in [6.45, 7) is 2.66. The third-order valence-electron chi connectivity index (χ3n) is 2.88. The number of hydrogen-bond acceptors (Lipinski definition) is 5. The number of carboxylic acids is 1. The Hall–Kier alpha value is -0.690. The minimum Gasteiger partial charge on any atom is -0.480 e. The van der Waals surface area contributed by atoms with Crippen LogP contribution in [0.25, 0.3) is 0 Å². The van der Waals surface area contributed by atoms with Gasteiger partial charge in [0.2, 0.25) is 0 Å². The molecular formula is C12H28N4O2. The van der Waals surface area contributed by atoms with Gasteiger partial charge in [-0.25, -0.2) is 0 Å². The highest BCUT2D eigenvalue weighted by atomic mass is 16.4. The number of carbonyl (C=O) groups is 1. The van der Waals surface area contributed by atoms with Crippen molar-refractivity contribution in [3.05, 3.63) is 0 Å². The number of nitrogens with two attached hydrogens (primary N) is 3. The Morgan fingerprint density at radius 2 is 1.94 bits per heavy atom. The molecule has 18 heavy (non-hydrogen) atoms. The summed E-state index contributed by atoms with van der Waals surface area (Å²) in [4.78, 5) is 11.1. The molecule has 0 unspecified atom stereocenters. The van der Waals surface area contributed by atoms with E-state index in [2.05, 4.69) is 12.2 Å². The van der Waals surface area contributed by atoms with Gasteiger partial charge in [-0.2, -0.15) is 0 Å². The van der Waals surface area contributed by atoms with Crippen molar-refractivity contribution in [2.45, 2.75) is 63.7 Å². The lowest BCUT2D eigenvalue weighted by Gasteiger charge is -2.29. The predicted molar refractivity (Wildman–Crippen MR) is 72.7 cm³/mol. The fourth-order valence-corrected chi connectivity index (χ4v) is 1.81. The summed E-state index contributed by atoms with van der Waals surface area (Å²) < 4.78 is 0. The topological polar surface area (TPSA) is 127 Å². The van der Waals surface area contributed by atoms with Gasteiger partial charge in [-0.05, 0) is 32.2 Å². The van der Waals surface area contributed by atoms with E-state index in [-0.39, 0.29) is 0 Å². The van der Waals surface area contributed by atoms with Crippen molar-refractivity contribution in [2.75, 3.05) is 6.54 Å². The number of hydrogen-bond donors (Lipinski definition) is 5. The molecule has 0 rings (SSSR count). The minimum absolute atomic E-state index is 0.496. The average Bonchev–Trinajstić information content (AvgIpc) is 2.28. The Morgan fingerprint density at radius 1 is 1.28 bits per heavy atom. The van der Waals surface area contributed by atoms with E-state index < -0.39 is 17.8 Å².